The van der Waals surface area contributed by atoms with E-state index in [2.05, 4.69) is 20.9 Å². The lowest BCUT2D eigenvalue weighted by Gasteiger charge is -2.29. The van der Waals surface area contributed by atoms with Crippen LogP contribution in [0.3, 0.4) is 0 Å². The van der Waals surface area contributed by atoms with Crippen molar-refractivity contribution in [2.24, 2.45) is 0 Å². The van der Waals surface area contributed by atoms with E-state index in [1.807, 2.05) is 19.9 Å². The van der Waals surface area contributed by atoms with Gasteiger partial charge in [0.1, 0.15) is 5.75 Å². The minimum Gasteiger partial charge on any atom is -0.497 e. The van der Waals surface area contributed by atoms with Gasteiger partial charge in [-0.25, -0.2) is 9.78 Å². The monoisotopic (exact) mass is 415 g/mol. The lowest BCUT2D eigenvalue weighted by atomic mass is 9.95. The number of thiazole rings is 1. The van der Waals surface area contributed by atoms with Gasteiger partial charge in [0.25, 0.3) is 11.8 Å². The van der Waals surface area contributed by atoms with E-state index in [0.29, 0.717) is 28.7 Å². The minimum absolute atomic E-state index is 0.0226. The first-order valence-electron chi connectivity index (χ1n) is 9.15. The molecule has 1 aromatic carbocycles. The van der Waals surface area contributed by atoms with Gasteiger partial charge in [0.15, 0.2) is 10.7 Å². The highest BCUT2D eigenvalue weighted by Crippen LogP contribution is 2.33. The molecular formula is C19H21N5O4S. The van der Waals surface area contributed by atoms with Crippen LogP contribution in [0.1, 0.15) is 35.5 Å². The van der Waals surface area contributed by atoms with Gasteiger partial charge in [-0.2, -0.15) is 0 Å². The van der Waals surface area contributed by atoms with Crippen molar-refractivity contribution in [2.75, 3.05) is 19.0 Å². The number of amides is 4. The average molecular weight is 415 g/mol. The standard InChI is InChI=1S/C19H21N5O4S/c1-10(2)20-18-21-14(8-29-18)19(16(26)22-17(27)23-19)9-24-7-11-4-5-12(28-3)6-13(11)15(24)25/h4-6,8,10H,7,9H2,1-3H3,(H,20,21)(H2,22,23,26,27)/t19-/m0/s1. The van der Waals surface area contributed by atoms with E-state index in [9.17, 15) is 14.4 Å². The summed E-state index contributed by atoms with van der Waals surface area (Å²) in [5.74, 6) is -0.155. The summed E-state index contributed by atoms with van der Waals surface area (Å²) in [6.07, 6.45) is 0. The molecule has 1 saturated heterocycles. The van der Waals surface area contributed by atoms with E-state index in [1.54, 1.807) is 22.4 Å². The van der Waals surface area contributed by atoms with E-state index in [-0.39, 0.29) is 18.5 Å². The number of carbonyl (C=O) groups excluding carboxylic acids is 3. The molecule has 9 nitrogen and oxygen atoms in total. The van der Waals surface area contributed by atoms with Crippen molar-refractivity contribution >= 4 is 34.3 Å². The maximum absolute atomic E-state index is 13.0. The Labute approximate surface area is 171 Å². The Kier molecular flexibility index (Phi) is 4.65. The molecule has 0 unspecified atom stereocenters. The highest BCUT2D eigenvalue weighted by Gasteiger charge is 2.52. The first-order valence-corrected chi connectivity index (χ1v) is 10.0. The molecule has 1 fully saturated rings. The van der Waals surface area contributed by atoms with Crippen LogP contribution in [0.2, 0.25) is 0 Å². The van der Waals surface area contributed by atoms with Crippen molar-refractivity contribution in [1.29, 1.82) is 0 Å². The predicted octanol–water partition coefficient (Wildman–Crippen LogP) is 1.66. The number of nitrogens with one attached hydrogen (secondary N) is 3. The fourth-order valence-electron chi connectivity index (χ4n) is 3.53. The van der Waals surface area contributed by atoms with Crippen molar-refractivity contribution in [3.8, 4) is 5.75 Å². The molecule has 0 aliphatic carbocycles. The SMILES string of the molecule is COc1ccc2c(c1)C(=O)N(C[C@@]1(c3csc(NC(C)C)n3)NC(=O)NC1=O)C2. The van der Waals surface area contributed by atoms with Gasteiger partial charge in [-0.1, -0.05) is 6.07 Å². The largest absolute Gasteiger partial charge is 0.497 e. The fraction of sp³-hybridized carbons (Fsp3) is 0.368. The average Bonchev–Trinajstić information content (AvgIpc) is 3.33. The summed E-state index contributed by atoms with van der Waals surface area (Å²) >= 11 is 1.34. The first kappa shape index (κ1) is 19.2. The second-order valence-corrected chi connectivity index (χ2v) is 8.19. The number of methoxy groups -OCH3 is 1. The third-order valence-corrected chi connectivity index (χ3v) is 5.69. The molecule has 2 aliphatic rings. The topological polar surface area (TPSA) is 113 Å². The zero-order chi connectivity index (χ0) is 20.8. The van der Waals surface area contributed by atoms with Gasteiger partial charge >= 0.3 is 6.03 Å². The predicted molar refractivity (Wildman–Crippen MR) is 107 cm³/mol. The molecule has 2 aliphatic heterocycles. The van der Waals surface area contributed by atoms with Gasteiger partial charge in [0, 0.05) is 23.5 Å². The van der Waals surface area contributed by atoms with E-state index in [0.717, 1.165) is 5.56 Å². The number of ether oxygens (including phenoxy) is 1. The Morgan fingerprint density at radius 2 is 2.14 bits per heavy atom. The Morgan fingerprint density at radius 1 is 1.34 bits per heavy atom. The number of fused-ring (bicyclic) bond motifs is 1. The molecule has 1 aromatic heterocycles. The molecule has 0 radical (unpaired) electrons. The number of aromatic nitrogens is 1. The number of rotatable bonds is 6. The van der Waals surface area contributed by atoms with Crippen LogP contribution in [0, 0.1) is 0 Å². The van der Waals surface area contributed by atoms with Crippen molar-refractivity contribution < 1.29 is 19.1 Å². The van der Waals surface area contributed by atoms with Crippen LogP contribution >= 0.6 is 11.3 Å². The number of imide groups is 1. The number of carbonyl (C=O) groups is 3. The smallest absolute Gasteiger partial charge is 0.322 e. The van der Waals surface area contributed by atoms with E-state index >= 15 is 0 Å². The van der Waals surface area contributed by atoms with Crippen LogP contribution in [-0.4, -0.2) is 47.4 Å². The lowest BCUT2D eigenvalue weighted by molar-refractivity contribution is -0.124. The van der Waals surface area contributed by atoms with E-state index < -0.39 is 17.5 Å². The molecule has 29 heavy (non-hydrogen) atoms. The maximum atomic E-state index is 13.0. The molecule has 4 amide bonds. The van der Waals surface area contributed by atoms with Crippen molar-refractivity contribution in [3.63, 3.8) is 0 Å². The quantitative estimate of drug-likeness (QED) is 0.619. The van der Waals surface area contributed by atoms with Gasteiger partial charge in [-0.05, 0) is 31.5 Å². The zero-order valence-electron chi connectivity index (χ0n) is 16.2. The molecule has 1 atom stereocenters. The fourth-order valence-corrected chi connectivity index (χ4v) is 4.46. The van der Waals surface area contributed by atoms with Crippen molar-refractivity contribution in [3.05, 3.63) is 40.4 Å². The molecule has 152 valence electrons. The Balaban J connectivity index is 1.66. The molecule has 0 saturated carbocycles. The number of nitrogens with zero attached hydrogens (tertiary/aromatic N) is 2. The summed E-state index contributed by atoms with van der Waals surface area (Å²) in [5, 5.41) is 10.5. The summed E-state index contributed by atoms with van der Waals surface area (Å²) < 4.78 is 5.20. The summed E-state index contributed by atoms with van der Waals surface area (Å²) in [4.78, 5) is 43.8. The van der Waals surface area contributed by atoms with Crippen LogP contribution in [-0.2, 0) is 16.9 Å². The normalized spacial score (nSPS) is 20.7. The van der Waals surface area contributed by atoms with Gasteiger partial charge < -0.3 is 20.3 Å². The molecule has 10 heteroatoms. The van der Waals surface area contributed by atoms with E-state index in [4.69, 9.17) is 4.74 Å². The molecule has 4 rings (SSSR count). The lowest BCUT2D eigenvalue weighted by Crippen LogP contribution is -2.53. The van der Waals surface area contributed by atoms with Crippen LogP contribution in [0.5, 0.6) is 5.75 Å². The van der Waals surface area contributed by atoms with Gasteiger partial charge in [0.2, 0.25) is 0 Å². The first-order chi connectivity index (χ1) is 13.8. The van der Waals surface area contributed by atoms with Gasteiger partial charge in [-0.3, -0.25) is 14.9 Å². The summed E-state index contributed by atoms with van der Waals surface area (Å²) in [6.45, 7) is 4.28. The summed E-state index contributed by atoms with van der Waals surface area (Å²) in [5.41, 5.74) is 0.336. The van der Waals surface area contributed by atoms with Crippen molar-refractivity contribution in [2.45, 2.75) is 32.0 Å². The highest BCUT2D eigenvalue weighted by molar-refractivity contribution is 7.13. The Morgan fingerprint density at radius 3 is 2.79 bits per heavy atom. The van der Waals surface area contributed by atoms with E-state index in [1.165, 1.54) is 18.4 Å². The minimum atomic E-state index is -1.44. The number of benzene rings is 1. The van der Waals surface area contributed by atoms with Gasteiger partial charge in [-0.15, -0.1) is 11.3 Å². The Bertz CT molecular complexity index is 1000. The number of hydrogen-bond acceptors (Lipinski definition) is 7. The molecule has 0 bridgehead atoms. The maximum Gasteiger partial charge on any atom is 0.322 e. The third-order valence-electron chi connectivity index (χ3n) is 4.92. The molecule has 3 N–H and O–H groups in total. The molecular weight excluding hydrogens is 394 g/mol. The van der Waals surface area contributed by atoms with Crippen molar-refractivity contribution in [1.82, 2.24) is 20.5 Å². The summed E-state index contributed by atoms with van der Waals surface area (Å²) in [6, 6.07) is 4.87. The zero-order valence-corrected chi connectivity index (χ0v) is 17.1. The summed E-state index contributed by atoms with van der Waals surface area (Å²) in [7, 11) is 1.54. The van der Waals surface area contributed by atoms with Gasteiger partial charge in [0.05, 0.1) is 19.3 Å². The number of urea groups is 1. The second-order valence-electron chi connectivity index (χ2n) is 7.33. The number of anilines is 1. The van der Waals surface area contributed by atoms with Crippen LogP contribution in [0.15, 0.2) is 23.6 Å². The van der Waals surface area contributed by atoms with Crippen LogP contribution in [0.25, 0.3) is 0 Å². The molecule has 3 heterocycles. The highest BCUT2D eigenvalue weighted by atomic mass is 32.1. The van der Waals surface area contributed by atoms with Crippen LogP contribution < -0.4 is 20.7 Å². The third kappa shape index (κ3) is 3.29. The molecule has 0 spiro atoms. The molecule has 2 aromatic rings. The Hall–Kier alpha value is -3.14. The second kappa shape index (κ2) is 7.03. The van der Waals surface area contributed by atoms with Crippen LogP contribution in [0.4, 0.5) is 9.93 Å². The number of hydrogen-bond donors (Lipinski definition) is 3.